The van der Waals surface area contributed by atoms with E-state index in [2.05, 4.69) is 5.10 Å². The Kier molecular flexibility index (Phi) is 2.72. The second-order valence-corrected chi connectivity index (χ2v) is 3.04. The van der Waals surface area contributed by atoms with Crippen LogP contribution in [0.5, 0.6) is 0 Å². The average Bonchev–Trinajstić information content (AvgIpc) is 2.26. The van der Waals surface area contributed by atoms with Crippen LogP contribution in [0.25, 0.3) is 0 Å². The second kappa shape index (κ2) is 3.43. The van der Waals surface area contributed by atoms with Crippen LogP contribution in [-0.2, 0) is 7.05 Å². The van der Waals surface area contributed by atoms with Crippen molar-refractivity contribution >= 4 is 11.6 Å². The van der Waals surface area contributed by atoms with Crippen molar-refractivity contribution in [1.29, 1.82) is 0 Å². The molecule has 1 aromatic heterocycles. The fourth-order valence-electron chi connectivity index (χ4n) is 1.12. The third-order valence-electron chi connectivity index (χ3n) is 1.73. The van der Waals surface area contributed by atoms with E-state index in [9.17, 15) is 5.11 Å². The van der Waals surface area contributed by atoms with Crippen LogP contribution in [0.4, 0.5) is 0 Å². The normalized spacial score (nSPS) is 13.4. The summed E-state index contributed by atoms with van der Waals surface area (Å²) in [4.78, 5) is 0. The van der Waals surface area contributed by atoms with Crippen LogP contribution in [0.15, 0.2) is 0 Å². The van der Waals surface area contributed by atoms with Crippen molar-refractivity contribution in [2.75, 3.05) is 6.54 Å². The molecule has 1 unspecified atom stereocenters. The molecule has 0 aliphatic heterocycles. The second-order valence-electron chi connectivity index (χ2n) is 2.66. The summed E-state index contributed by atoms with van der Waals surface area (Å²) in [6, 6.07) is 0. The lowest BCUT2D eigenvalue weighted by Gasteiger charge is -2.07. The molecule has 0 amide bonds. The van der Waals surface area contributed by atoms with Crippen molar-refractivity contribution in [3.63, 3.8) is 0 Å². The number of aromatic nitrogens is 2. The SMILES string of the molecule is Cc1nn(C)c(C(O)CN)c1Cl. The maximum absolute atomic E-state index is 9.43. The minimum Gasteiger partial charge on any atom is -0.385 e. The molecule has 4 nitrogen and oxygen atoms in total. The lowest BCUT2D eigenvalue weighted by molar-refractivity contribution is 0.177. The van der Waals surface area contributed by atoms with E-state index in [1.165, 1.54) is 0 Å². The monoisotopic (exact) mass is 189 g/mol. The van der Waals surface area contributed by atoms with Gasteiger partial charge in [0.05, 0.1) is 16.4 Å². The number of aliphatic hydroxyl groups is 1. The quantitative estimate of drug-likeness (QED) is 0.707. The highest BCUT2D eigenvalue weighted by molar-refractivity contribution is 6.31. The van der Waals surface area contributed by atoms with E-state index < -0.39 is 6.10 Å². The summed E-state index contributed by atoms with van der Waals surface area (Å²) in [6.45, 7) is 1.94. The van der Waals surface area contributed by atoms with Crippen LogP contribution >= 0.6 is 11.6 Å². The maximum atomic E-state index is 9.43. The van der Waals surface area contributed by atoms with Crippen molar-refractivity contribution in [2.24, 2.45) is 12.8 Å². The molecule has 1 aromatic rings. The number of halogens is 1. The van der Waals surface area contributed by atoms with E-state index >= 15 is 0 Å². The fraction of sp³-hybridized carbons (Fsp3) is 0.571. The summed E-state index contributed by atoms with van der Waals surface area (Å²) in [7, 11) is 1.73. The Hall–Kier alpha value is -0.580. The standard InChI is InChI=1S/C7H12ClN3O/c1-4-6(8)7(5(12)3-9)11(2)10-4/h5,12H,3,9H2,1-2H3. The molecule has 1 heterocycles. The molecule has 0 bridgehead atoms. The largest absolute Gasteiger partial charge is 0.385 e. The van der Waals surface area contributed by atoms with E-state index in [4.69, 9.17) is 17.3 Å². The Labute approximate surface area is 75.9 Å². The zero-order valence-corrected chi connectivity index (χ0v) is 7.84. The Morgan fingerprint density at radius 2 is 2.33 bits per heavy atom. The Bertz CT molecular complexity index is 284. The molecule has 1 rings (SSSR count). The molecule has 0 aliphatic carbocycles. The molecule has 5 heteroatoms. The van der Waals surface area contributed by atoms with Gasteiger partial charge in [-0.2, -0.15) is 5.10 Å². The Morgan fingerprint density at radius 1 is 1.75 bits per heavy atom. The molecule has 1 atom stereocenters. The third kappa shape index (κ3) is 1.46. The van der Waals surface area contributed by atoms with Gasteiger partial charge in [-0.3, -0.25) is 4.68 Å². The molecule has 0 aromatic carbocycles. The van der Waals surface area contributed by atoms with Crippen molar-refractivity contribution in [3.05, 3.63) is 16.4 Å². The van der Waals surface area contributed by atoms with Crippen LogP contribution in [0.2, 0.25) is 5.02 Å². The zero-order valence-electron chi connectivity index (χ0n) is 7.08. The predicted octanol–water partition coefficient (Wildman–Crippen LogP) is 0.374. The smallest absolute Gasteiger partial charge is 0.109 e. The summed E-state index contributed by atoms with van der Waals surface area (Å²) in [5.41, 5.74) is 6.59. The summed E-state index contributed by atoms with van der Waals surface area (Å²) < 4.78 is 1.55. The van der Waals surface area contributed by atoms with Crippen LogP contribution < -0.4 is 5.73 Å². The third-order valence-corrected chi connectivity index (χ3v) is 2.20. The molecule has 0 saturated heterocycles. The van der Waals surface area contributed by atoms with Gasteiger partial charge in [0.1, 0.15) is 6.10 Å². The Morgan fingerprint density at radius 3 is 2.67 bits per heavy atom. The number of nitrogens with two attached hydrogens (primary N) is 1. The lowest BCUT2D eigenvalue weighted by Crippen LogP contribution is -2.15. The molecule has 0 saturated carbocycles. The van der Waals surface area contributed by atoms with Gasteiger partial charge in [-0.05, 0) is 6.92 Å². The molecular formula is C7H12ClN3O. The first kappa shape index (κ1) is 9.51. The average molecular weight is 190 g/mol. The molecule has 12 heavy (non-hydrogen) atoms. The van der Waals surface area contributed by atoms with Crippen LogP contribution in [0, 0.1) is 6.92 Å². The highest BCUT2D eigenvalue weighted by atomic mass is 35.5. The maximum Gasteiger partial charge on any atom is 0.109 e. The Balaban J connectivity index is 3.13. The minimum absolute atomic E-state index is 0.151. The van der Waals surface area contributed by atoms with Gasteiger partial charge in [0, 0.05) is 13.6 Å². The summed E-state index contributed by atoms with van der Waals surface area (Å²) in [5.74, 6) is 0. The molecule has 3 N–H and O–H groups in total. The van der Waals surface area contributed by atoms with E-state index in [0.717, 1.165) is 0 Å². The van der Waals surface area contributed by atoms with Crippen LogP contribution in [0.1, 0.15) is 17.5 Å². The summed E-state index contributed by atoms with van der Waals surface area (Å²) in [5, 5.41) is 14.0. The molecule has 0 fully saturated rings. The van der Waals surface area contributed by atoms with E-state index in [1.807, 2.05) is 0 Å². The van der Waals surface area contributed by atoms with E-state index in [-0.39, 0.29) is 6.54 Å². The molecule has 0 radical (unpaired) electrons. The summed E-state index contributed by atoms with van der Waals surface area (Å²) >= 11 is 5.89. The lowest BCUT2D eigenvalue weighted by atomic mass is 10.2. The molecular weight excluding hydrogens is 178 g/mol. The summed E-state index contributed by atoms with van der Waals surface area (Å²) in [6.07, 6.45) is -0.733. The van der Waals surface area contributed by atoms with Crippen molar-refractivity contribution in [2.45, 2.75) is 13.0 Å². The van der Waals surface area contributed by atoms with Gasteiger partial charge >= 0.3 is 0 Å². The van der Waals surface area contributed by atoms with Crippen LogP contribution in [0.3, 0.4) is 0 Å². The van der Waals surface area contributed by atoms with Gasteiger partial charge < -0.3 is 10.8 Å². The van der Waals surface area contributed by atoms with Gasteiger partial charge in [0.15, 0.2) is 0 Å². The number of aryl methyl sites for hydroxylation is 2. The first-order chi connectivity index (χ1) is 5.57. The van der Waals surface area contributed by atoms with Crippen molar-refractivity contribution in [3.8, 4) is 0 Å². The van der Waals surface area contributed by atoms with Gasteiger partial charge in [0.2, 0.25) is 0 Å². The topological polar surface area (TPSA) is 64.1 Å². The number of hydrogen-bond donors (Lipinski definition) is 2. The predicted molar refractivity (Wildman–Crippen MR) is 47.0 cm³/mol. The van der Waals surface area contributed by atoms with Crippen molar-refractivity contribution < 1.29 is 5.11 Å². The fourth-order valence-corrected chi connectivity index (χ4v) is 1.41. The minimum atomic E-state index is -0.733. The van der Waals surface area contributed by atoms with Crippen LogP contribution in [-0.4, -0.2) is 21.4 Å². The number of nitrogens with zero attached hydrogens (tertiary/aromatic N) is 2. The van der Waals surface area contributed by atoms with Gasteiger partial charge in [-0.1, -0.05) is 11.6 Å². The first-order valence-corrected chi connectivity index (χ1v) is 4.02. The van der Waals surface area contributed by atoms with Gasteiger partial charge in [0.25, 0.3) is 0 Å². The number of aliphatic hydroxyl groups excluding tert-OH is 1. The van der Waals surface area contributed by atoms with Crippen molar-refractivity contribution in [1.82, 2.24) is 9.78 Å². The highest BCUT2D eigenvalue weighted by Crippen LogP contribution is 2.24. The van der Waals surface area contributed by atoms with E-state index in [1.54, 1.807) is 18.7 Å². The highest BCUT2D eigenvalue weighted by Gasteiger charge is 2.17. The van der Waals surface area contributed by atoms with Gasteiger partial charge in [-0.15, -0.1) is 0 Å². The van der Waals surface area contributed by atoms with Gasteiger partial charge in [-0.25, -0.2) is 0 Å². The van der Waals surface area contributed by atoms with E-state index in [0.29, 0.717) is 16.4 Å². The molecule has 0 spiro atoms. The zero-order chi connectivity index (χ0) is 9.30. The molecule has 68 valence electrons. The number of rotatable bonds is 2. The molecule has 0 aliphatic rings. The number of hydrogen-bond acceptors (Lipinski definition) is 3. The first-order valence-electron chi connectivity index (χ1n) is 3.65.